The van der Waals surface area contributed by atoms with Gasteiger partial charge in [-0.25, -0.2) is 9.37 Å². The van der Waals surface area contributed by atoms with Crippen molar-refractivity contribution in [1.82, 2.24) is 15.3 Å². The Balaban J connectivity index is 1.42. The average Bonchev–Trinajstić information content (AvgIpc) is 2.70. The smallest absolute Gasteiger partial charge is 0.224 e. The van der Waals surface area contributed by atoms with E-state index in [-0.39, 0.29) is 5.82 Å². The number of rotatable bonds is 8. The lowest BCUT2D eigenvalue weighted by molar-refractivity contribution is 0.322. The minimum absolute atomic E-state index is 0.232. The van der Waals surface area contributed by atoms with E-state index in [0.717, 1.165) is 49.4 Å². The van der Waals surface area contributed by atoms with Crippen molar-refractivity contribution in [1.29, 1.82) is 0 Å². The third-order valence-corrected chi connectivity index (χ3v) is 5.27. The Kier molecular flexibility index (Phi) is 7.03. The van der Waals surface area contributed by atoms with E-state index in [1.807, 2.05) is 25.1 Å². The summed E-state index contributed by atoms with van der Waals surface area (Å²) in [6.07, 6.45) is 6.30. The first-order valence-corrected chi connectivity index (χ1v) is 9.85. The maximum Gasteiger partial charge on any atom is 0.224 e. The van der Waals surface area contributed by atoms with E-state index in [2.05, 4.69) is 20.6 Å². The molecule has 0 saturated heterocycles. The average molecular weight is 388 g/mol. The van der Waals surface area contributed by atoms with Crippen molar-refractivity contribution in [2.75, 3.05) is 38.0 Å². The van der Waals surface area contributed by atoms with Gasteiger partial charge in [0.2, 0.25) is 5.95 Å². The first-order valence-electron chi connectivity index (χ1n) is 9.85. The Morgan fingerprint density at radius 2 is 1.96 bits per heavy atom. The van der Waals surface area contributed by atoms with Crippen molar-refractivity contribution in [3.8, 4) is 5.75 Å². The molecule has 0 atom stereocenters. The second kappa shape index (κ2) is 9.68. The Morgan fingerprint density at radius 1 is 1.18 bits per heavy atom. The molecule has 0 spiro atoms. The highest BCUT2D eigenvalue weighted by molar-refractivity contribution is 5.41. The standard InChI is InChI=1S/C21H30FN5O/c1-27(2)20-10-11-24-21(26-20)25-18-7-4-15(5-8-18)13-23-14-16-12-17(22)6-9-19(16)28-3/h6,9-12,15,18,23H,4-5,7-8,13-14H2,1-3H3,(H,24,25,26)/t15-,18+. The predicted octanol–water partition coefficient (Wildman–Crippen LogP) is 3.45. The van der Waals surface area contributed by atoms with E-state index in [9.17, 15) is 4.39 Å². The van der Waals surface area contributed by atoms with Gasteiger partial charge in [-0.3, -0.25) is 0 Å². The fraction of sp³-hybridized carbons (Fsp3) is 0.524. The second-order valence-corrected chi connectivity index (χ2v) is 7.58. The summed E-state index contributed by atoms with van der Waals surface area (Å²) < 4.78 is 18.8. The van der Waals surface area contributed by atoms with Gasteiger partial charge in [0.25, 0.3) is 0 Å². The van der Waals surface area contributed by atoms with Crippen LogP contribution in [0.15, 0.2) is 30.5 Å². The van der Waals surface area contributed by atoms with E-state index in [1.165, 1.54) is 12.1 Å². The monoisotopic (exact) mass is 387 g/mol. The molecule has 6 nitrogen and oxygen atoms in total. The van der Waals surface area contributed by atoms with Crippen molar-refractivity contribution >= 4 is 11.8 Å². The number of hydrogen-bond donors (Lipinski definition) is 2. The molecular formula is C21H30FN5O. The summed E-state index contributed by atoms with van der Waals surface area (Å²) in [6, 6.07) is 6.96. The molecule has 0 radical (unpaired) electrons. The molecule has 1 aromatic heterocycles. The SMILES string of the molecule is COc1ccc(F)cc1CNC[C@H]1CC[C@@H](Nc2nccc(N(C)C)n2)CC1. The quantitative estimate of drug-likeness (QED) is 0.723. The zero-order valence-corrected chi connectivity index (χ0v) is 16.9. The van der Waals surface area contributed by atoms with Gasteiger partial charge in [-0.2, -0.15) is 4.98 Å². The van der Waals surface area contributed by atoms with E-state index < -0.39 is 0 Å². The fourth-order valence-corrected chi connectivity index (χ4v) is 3.66. The second-order valence-electron chi connectivity index (χ2n) is 7.58. The molecule has 1 heterocycles. The van der Waals surface area contributed by atoms with Crippen LogP contribution in [0.4, 0.5) is 16.2 Å². The normalized spacial score (nSPS) is 19.3. The molecule has 152 valence electrons. The van der Waals surface area contributed by atoms with Crippen molar-refractivity contribution in [3.63, 3.8) is 0 Å². The number of nitrogens with zero attached hydrogens (tertiary/aromatic N) is 3. The van der Waals surface area contributed by atoms with Crippen LogP contribution in [0.3, 0.4) is 0 Å². The van der Waals surface area contributed by atoms with Crippen LogP contribution in [-0.4, -0.2) is 43.8 Å². The van der Waals surface area contributed by atoms with E-state index in [1.54, 1.807) is 19.4 Å². The lowest BCUT2D eigenvalue weighted by Gasteiger charge is -2.29. The van der Waals surface area contributed by atoms with Gasteiger partial charge < -0.3 is 20.3 Å². The molecule has 1 aromatic carbocycles. The van der Waals surface area contributed by atoms with Gasteiger partial charge in [-0.05, 0) is 62.4 Å². The molecule has 2 aromatic rings. The summed E-state index contributed by atoms with van der Waals surface area (Å²) >= 11 is 0. The van der Waals surface area contributed by atoms with Crippen molar-refractivity contribution in [2.45, 2.75) is 38.3 Å². The number of hydrogen-bond acceptors (Lipinski definition) is 6. The third-order valence-electron chi connectivity index (χ3n) is 5.27. The number of methoxy groups -OCH3 is 1. The largest absolute Gasteiger partial charge is 0.496 e. The van der Waals surface area contributed by atoms with Crippen LogP contribution in [0.5, 0.6) is 5.75 Å². The predicted molar refractivity (Wildman–Crippen MR) is 110 cm³/mol. The van der Waals surface area contributed by atoms with Crippen LogP contribution in [0.1, 0.15) is 31.2 Å². The van der Waals surface area contributed by atoms with Crippen LogP contribution in [0.25, 0.3) is 0 Å². The maximum absolute atomic E-state index is 13.5. The Hall–Kier alpha value is -2.41. The van der Waals surface area contributed by atoms with E-state index in [0.29, 0.717) is 24.5 Å². The molecule has 2 N–H and O–H groups in total. The molecular weight excluding hydrogens is 357 g/mol. The van der Waals surface area contributed by atoms with Gasteiger partial charge in [-0.15, -0.1) is 0 Å². The first kappa shape index (κ1) is 20.3. The van der Waals surface area contributed by atoms with E-state index in [4.69, 9.17) is 4.74 Å². The number of nitrogens with one attached hydrogen (secondary N) is 2. The molecule has 1 fully saturated rings. The third kappa shape index (κ3) is 5.55. The molecule has 1 aliphatic rings. The topological polar surface area (TPSA) is 62.3 Å². The van der Waals surface area contributed by atoms with Gasteiger partial charge in [-0.1, -0.05) is 0 Å². The summed E-state index contributed by atoms with van der Waals surface area (Å²) in [5.41, 5.74) is 0.857. The van der Waals surface area contributed by atoms with Crippen LogP contribution >= 0.6 is 0 Å². The summed E-state index contributed by atoms with van der Waals surface area (Å²) in [6.45, 7) is 1.54. The minimum atomic E-state index is -0.232. The number of halogens is 1. The number of ether oxygens (including phenoxy) is 1. The Bertz CT molecular complexity index is 762. The molecule has 0 bridgehead atoms. The molecule has 28 heavy (non-hydrogen) atoms. The molecule has 0 unspecified atom stereocenters. The number of benzene rings is 1. The molecule has 1 aliphatic carbocycles. The van der Waals surface area contributed by atoms with Crippen LogP contribution in [0.2, 0.25) is 0 Å². The summed E-state index contributed by atoms with van der Waals surface area (Å²) in [4.78, 5) is 10.9. The first-order chi connectivity index (χ1) is 13.5. The Morgan fingerprint density at radius 3 is 2.68 bits per heavy atom. The summed E-state index contributed by atoms with van der Waals surface area (Å²) in [5, 5.41) is 6.93. The van der Waals surface area contributed by atoms with Gasteiger partial charge in [0.05, 0.1) is 7.11 Å². The summed E-state index contributed by atoms with van der Waals surface area (Å²) in [7, 11) is 5.57. The molecule has 0 amide bonds. The number of aromatic nitrogens is 2. The highest BCUT2D eigenvalue weighted by atomic mass is 19.1. The minimum Gasteiger partial charge on any atom is -0.496 e. The zero-order chi connectivity index (χ0) is 19.9. The van der Waals surface area contributed by atoms with Crippen LogP contribution < -0.4 is 20.3 Å². The van der Waals surface area contributed by atoms with Crippen molar-refractivity contribution in [3.05, 3.63) is 41.8 Å². The Labute approximate surface area is 166 Å². The van der Waals surface area contributed by atoms with Gasteiger partial charge >= 0.3 is 0 Å². The number of anilines is 2. The highest BCUT2D eigenvalue weighted by Gasteiger charge is 2.21. The van der Waals surface area contributed by atoms with E-state index >= 15 is 0 Å². The van der Waals surface area contributed by atoms with Gasteiger partial charge in [0.15, 0.2) is 0 Å². The lowest BCUT2D eigenvalue weighted by Crippen LogP contribution is -2.31. The van der Waals surface area contributed by atoms with Gasteiger partial charge in [0.1, 0.15) is 17.4 Å². The van der Waals surface area contributed by atoms with Gasteiger partial charge in [0, 0.05) is 38.4 Å². The molecule has 1 saturated carbocycles. The fourth-order valence-electron chi connectivity index (χ4n) is 3.66. The van der Waals surface area contributed by atoms with Crippen LogP contribution in [-0.2, 0) is 6.54 Å². The van der Waals surface area contributed by atoms with Crippen molar-refractivity contribution < 1.29 is 9.13 Å². The maximum atomic E-state index is 13.5. The highest BCUT2D eigenvalue weighted by Crippen LogP contribution is 2.26. The molecule has 0 aliphatic heterocycles. The van der Waals surface area contributed by atoms with Crippen LogP contribution in [0, 0.1) is 11.7 Å². The zero-order valence-electron chi connectivity index (χ0n) is 16.9. The summed E-state index contributed by atoms with van der Waals surface area (Å²) in [5.74, 6) is 2.73. The molecule has 3 rings (SSSR count). The lowest BCUT2D eigenvalue weighted by atomic mass is 9.86. The molecule has 7 heteroatoms. The van der Waals surface area contributed by atoms with Crippen molar-refractivity contribution in [2.24, 2.45) is 5.92 Å².